The third-order valence-electron chi connectivity index (χ3n) is 5.57. The quantitative estimate of drug-likeness (QED) is 0.376. The molecule has 3 aromatic rings. The van der Waals surface area contributed by atoms with E-state index < -0.39 is 41.6 Å². The third-order valence-corrected chi connectivity index (χ3v) is 5.57. The summed E-state index contributed by atoms with van der Waals surface area (Å²) in [6, 6.07) is 1.28. The van der Waals surface area contributed by atoms with Gasteiger partial charge < -0.3 is 19.5 Å². The Labute approximate surface area is 194 Å². The Bertz CT molecular complexity index is 1200. The van der Waals surface area contributed by atoms with E-state index in [0.717, 1.165) is 13.0 Å². The summed E-state index contributed by atoms with van der Waals surface area (Å²) >= 11 is 0. The van der Waals surface area contributed by atoms with E-state index in [4.69, 9.17) is 9.26 Å². The van der Waals surface area contributed by atoms with Crippen LogP contribution in [0.3, 0.4) is 0 Å². The van der Waals surface area contributed by atoms with E-state index in [2.05, 4.69) is 32.1 Å². The maximum absolute atomic E-state index is 13.5. The molecule has 4 heterocycles. The number of anilines is 2. The lowest BCUT2D eigenvalue weighted by Gasteiger charge is -2.20. The zero-order valence-corrected chi connectivity index (χ0v) is 18.6. The van der Waals surface area contributed by atoms with Crippen LogP contribution in [0.4, 0.5) is 38.3 Å². The minimum atomic E-state index is -4.83. The molecule has 0 aliphatic carbocycles. The highest BCUT2D eigenvalue weighted by Crippen LogP contribution is 2.34. The minimum absolute atomic E-state index is 0.0608. The van der Waals surface area contributed by atoms with Crippen molar-refractivity contribution in [3.63, 3.8) is 0 Å². The summed E-state index contributed by atoms with van der Waals surface area (Å²) in [7, 11) is 0. The number of fused-ring (bicyclic) bond motifs is 1. The van der Waals surface area contributed by atoms with Crippen molar-refractivity contribution < 1.29 is 35.6 Å². The number of aryl methyl sites for hydroxylation is 1. The van der Waals surface area contributed by atoms with E-state index in [1.54, 1.807) is 13.0 Å². The second-order valence-electron chi connectivity index (χ2n) is 8.08. The first-order valence-corrected chi connectivity index (χ1v) is 10.5. The van der Waals surface area contributed by atoms with Crippen molar-refractivity contribution in [3.05, 3.63) is 36.3 Å². The van der Waals surface area contributed by atoms with Crippen LogP contribution in [-0.4, -0.2) is 56.2 Å². The van der Waals surface area contributed by atoms with E-state index in [1.165, 1.54) is 0 Å². The van der Waals surface area contributed by atoms with Crippen molar-refractivity contribution in [3.8, 4) is 5.75 Å². The van der Waals surface area contributed by atoms with Crippen LogP contribution >= 0.6 is 0 Å². The lowest BCUT2D eigenvalue weighted by molar-refractivity contribution is -0.189. The van der Waals surface area contributed by atoms with E-state index in [1.807, 2.05) is 4.90 Å². The van der Waals surface area contributed by atoms with Gasteiger partial charge in [0.1, 0.15) is 5.69 Å². The van der Waals surface area contributed by atoms with Gasteiger partial charge in [0.25, 0.3) is 0 Å². The average Bonchev–Trinajstić information content (AvgIpc) is 3.49. The molecule has 0 spiro atoms. The van der Waals surface area contributed by atoms with Gasteiger partial charge in [-0.3, -0.25) is 0 Å². The van der Waals surface area contributed by atoms with Crippen LogP contribution in [0.1, 0.15) is 24.9 Å². The molecule has 1 saturated heterocycles. The third kappa shape index (κ3) is 5.12. The number of ether oxygens (including phenoxy) is 1. The van der Waals surface area contributed by atoms with Crippen LogP contribution in [0.25, 0.3) is 5.65 Å². The molecule has 0 aromatic carbocycles. The average molecular weight is 505 g/mol. The van der Waals surface area contributed by atoms with Gasteiger partial charge in [0, 0.05) is 19.0 Å². The molecule has 35 heavy (non-hydrogen) atoms. The largest absolute Gasteiger partial charge is 0.477 e. The number of aromatic nitrogens is 5. The molecular weight excluding hydrogens is 484 g/mol. The lowest BCUT2D eigenvalue weighted by atomic mass is 9.99. The van der Waals surface area contributed by atoms with Crippen LogP contribution in [0, 0.1) is 12.8 Å². The highest BCUT2D eigenvalue weighted by molar-refractivity contribution is 5.57. The second kappa shape index (κ2) is 8.92. The number of alkyl halides is 6. The zero-order chi connectivity index (χ0) is 25.5. The van der Waals surface area contributed by atoms with Gasteiger partial charge in [-0.25, -0.2) is 4.52 Å². The SMILES string of the molecule is C=CC(Nc1nc2c(OC(C)C(F)(F)F)ccc(C(F)(F)F)n2n1)C1CCN(c2nc(C)no2)C1. The van der Waals surface area contributed by atoms with E-state index in [9.17, 15) is 26.3 Å². The van der Waals surface area contributed by atoms with Gasteiger partial charge >= 0.3 is 18.4 Å². The number of rotatable bonds is 7. The maximum Gasteiger partial charge on any atom is 0.433 e. The Morgan fingerprint density at radius 3 is 2.57 bits per heavy atom. The van der Waals surface area contributed by atoms with Crippen molar-refractivity contribution >= 4 is 17.6 Å². The number of hydrogen-bond donors (Lipinski definition) is 1. The highest BCUT2D eigenvalue weighted by atomic mass is 19.4. The summed E-state index contributed by atoms with van der Waals surface area (Å²) in [4.78, 5) is 10.1. The number of halogens is 6. The summed E-state index contributed by atoms with van der Waals surface area (Å²) in [5.41, 5.74) is -1.72. The fourth-order valence-corrected chi connectivity index (χ4v) is 3.75. The van der Waals surface area contributed by atoms with Crippen molar-refractivity contribution in [2.24, 2.45) is 5.92 Å². The first-order valence-electron chi connectivity index (χ1n) is 10.5. The molecule has 1 N–H and O–H groups in total. The van der Waals surface area contributed by atoms with Crippen molar-refractivity contribution in [1.29, 1.82) is 0 Å². The van der Waals surface area contributed by atoms with Gasteiger partial charge in [-0.1, -0.05) is 11.2 Å². The predicted octanol–water partition coefficient (Wildman–Crippen LogP) is 4.26. The Balaban J connectivity index is 1.61. The molecule has 0 radical (unpaired) electrons. The molecule has 3 atom stereocenters. The molecule has 0 bridgehead atoms. The van der Waals surface area contributed by atoms with Crippen molar-refractivity contribution in [2.75, 3.05) is 23.3 Å². The molecule has 4 rings (SSSR count). The van der Waals surface area contributed by atoms with Crippen LogP contribution in [0.15, 0.2) is 29.3 Å². The molecule has 190 valence electrons. The monoisotopic (exact) mass is 505 g/mol. The summed E-state index contributed by atoms with van der Waals surface area (Å²) in [5.74, 6) is -0.288. The van der Waals surface area contributed by atoms with Gasteiger partial charge in [-0.15, -0.1) is 11.7 Å². The molecular formula is C20H21F6N7O2. The summed E-state index contributed by atoms with van der Waals surface area (Å²) in [6.45, 7) is 7.29. The Hall–Kier alpha value is -3.52. The molecule has 0 amide bonds. The van der Waals surface area contributed by atoms with Crippen LogP contribution < -0.4 is 15.0 Å². The summed E-state index contributed by atoms with van der Waals surface area (Å²) < 4.78 is 89.9. The number of hydrogen-bond acceptors (Lipinski definition) is 8. The topological polar surface area (TPSA) is 93.6 Å². The molecule has 15 heteroatoms. The molecule has 0 saturated carbocycles. The minimum Gasteiger partial charge on any atom is -0.477 e. The van der Waals surface area contributed by atoms with Gasteiger partial charge in [-0.2, -0.15) is 36.3 Å². The van der Waals surface area contributed by atoms with E-state index >= 15 is 0 Å². The molecule has 1 aliphatic heterocycles. The van der Waals surface area contributed by atoms with E-state index in [-0.39, 0.29) is 11.9 Å². The lowest BCUT2D eigenvalue weighted by Crippen LogP contribution is -2.31. The first kappa shape index (κ1) is 24.6. The fraction of sp³-hybridized carbons (Fsp3) is 0.500. The second-order valence-corrected chi connectivity index (χ2v) is 8.08. The standard InChI is InChI=1S/C20H21F6N7O2/c1-4-13(12-7-8-32(9-12)18-27-11(3)31-35-18)28-17-29-16-14(34-10(2)19(21,22)23)5-6-15(20(24,25)26)33(16)30-17/h4-6,10,12-13H,1,7-9H2,2-3H3,(H,28,30). The van der Waals surface area contributed by atoms with Gasteiger partial charge in [0.2, 0.25) is 5.95 Å². The molecule has 1 fully saturated rings. The molecule has 1 aliphatic rings. The van der Waals surface area contributed by atoms with Gasteiger partial charge in [0.15, 0.2) is 23.3 Å². The smallest absolute Gasteiger partial charge is 0.433 e. The first-order chi connectivity index (χ1) is 16.4. The van der Waals surface area contributed by atoms with Crippen molar-refractivity contribution in [1.82, 2.24) is 24.7 Å². The Morgan fingerprint density at radius 1 is 1.23 bits per heavy atom. The van der Waals surface area contributed by atoms with Gasteiger partial charge in [0.05, 0.1) is 6.04 Å². The number of nitrogens with one attached hydrogen (secondary N) is 1. The normalized spacial score (nSPS) is 18.6. The van der Waals surface area contributed by atoms with Crippen LogP contribution in [0.5, 0.6) is 5.75 Å². The molecule has 3 unspecified atom stereocenters. The summed E-state index contributed by atoms with van der Waals surface area (Å²) in [5, 5.41) is 10.5. The maximum atomic E-state index is 13.5. The van der Waals surface area contributed by atoms with Crippen molar-refractivity contribution in [2.45, 2.75) is 44.8 Å². The fourth-order valence-electron chi connectivity index (χ4n) is 3.75. The summed E-state index contributed by atoms with van der Waals surface area (Å²) in [6.07, 6.45) is -9.59. The Kier molecular flexibility index (Phi) is 6.27. The van der Waals surface area contributed by atoms with E-state index in [0.29, 0.717) is 41.9 Å². The molecule has 9 nitrogen and oxygen atoms in total. The van der Waals surface area contributed by atoms with Crippen LogP contribution in [0.2, 0.25) is 0 Å². The van der Waals surface area contributed by atoms with Crippen LogP contribution in [-0.2, 0) is 6.18 Å². The Morgan fingerprint density at radius 2 is 1.97 bits per heavy atom. The highest BCUT2D eigenvalue weighted by Gasteiger charge is 2.40. The molecule has 3 aromatic heterocycles. The predicted molar refractivity (Wildman–Crippen MR) is 111 cm³/mol. The number of pyridine rings is 1. The number of nitrogens with zero attached hydrogens (tertiary/aromatic N) is 6. The zero-order valence-electron chi connectivity index (χ0n) is 18.6. The van der Waals surface area contributed by atoms with Gasteiger partial charge in [-0.05, 0) is 32.4 Å².